The Kier molecular flexibility index (Phi) is 9.64. The topological polar surface area (TPSA) is 61.7 Å². The highest BCUT2D eigenvalue weighted by molar-refractivity contribution is 4.70. The van der Waals surface area contributed by atoms with Gasteiger partial charge < -0.3 is 20.3 Å². The second-order valence-electron chi connectivity index (χ2n) is 5.78. The molecule has 3 N–H and O–H groups in total. The van der Waals surface area contributed by atoms with Crippen molar-refractivity contribution < 1.29 is 14.9 Å². The zero-order valence-electron chi connectivity index (χ0n) is 12.5. The summed E-state index contributed by atoms with van der Waals surface area (Å²) >= 11 is 0. The van der Waals surface area contributed by atoms with Gasteiger partial charge in [-0.15, -0.1) is 0 Å². The summed E-state index contributed by atoms with van der Waals surface area (Å²) in [6.45, 7) is 11.4. The molecule has 4 unspecified atom stereocenters. The summed E-state index contributed by atoms with van der Waals surface area (Å²) < 4.78 is 5.59. The van der Waals surface area contributed by atoms with Crippen LogP contribution in [0, 0.1) is 11.8 Å². The van der Waals surface area contributed by atoms with Gasteiger partial charge in [0.25, 0.3) is 0 Å². The van der Waals surface area contributed by atoms with Crippen molar-refractivity contribution >= 4 is 0 Å². The average Bonchev–Trinajstić information content (AvgIpc) is 2.31. The molecule has 18 heavy (non-hydrogen) atoms. The van der Waals surface area contributed by atoms with E-state index in [2.05, 4.69) is 19.2 Å². The summed E-state index contributed by atoms with van der Waals surface area (Å²) in [5.74, 6) is 0.804. The van der Waals surface area contributed by atoms with Crippen molar-refractivity contribution in [2.75, 3.05) is 19.8 Å². The van der Waals surface area contributed by atoms with Gasteiger partial charge in [0.1, 0.15) is 0 Å². The first-order chi connectivity index (χ1) is 8.36. The number of ether oxygens (including phenoxy) is 1. The van der Waals surface area contributed by atoms with Crippen molar-refractivity contribution in [1.82, 2.24) is 5.32 Å². The van der Waals surface area contributed by atoms with Crippen molar-refractivity contribution in [3.05, 3.63) is 0 Å². The molecule has 0 aromatic heterocycles. The molecule has 0 aliphatic heterocycles. The van der Waals surface area contributed by atoms with E-state index in [0.29, 0.717) is 19.1 Å². The maximum atomic E-state index is 9.79. The van der Waals surface area contributed by atoms with E-state index in [9.17, 15) is 5.11 Å². The molecule has 0 aromatic carbocycles. The SMILES string of the molecule is CC(C)CC(C)OCC(O)CNC(C)C(C)CO. The maximum absolute atomic E-state index is 9.79. The van der Waals surface area contributed by atoms with Gasteiger partial charge in [0.15, 0.2) is 0 Å². The van der Waals surface area contributed by atoms with E-state index in [-0.39, 0.29) is 24.7 Å². The number of nitrogens with one attached hydrogen (secondary N) is 1. The molecule has 0 aliphatic rings. The van der Waals surface area contributed by atoms with Crippen LogP contribution in [-0.4, -0.2) is 48.2 Å². The first-order valence-corrected chi connectivity index (χ1v) is 7.00. The molecule has 0 saturated carbocycles. The number of hydrogen-bond donors (Lipinski definition) is 3. The van der Waals surface area contributed by atoms with Gasteiger partial charge in [-0.1, -0.05) is 20.8 Å². The molecular weight excluding hydrogens is 230 g/mol. The summed E-state index contributed by atoms with van der Waals surface area (Å²) in [6.07, 6.45) is 0.708. The van der Waals surface area contributed by atoms with E-state index in [0.717, 1.165) is 6.42 Å². The standard InChI is InChI=1S/C14H31NO3/c1-10(2)6-12(4)18-9-14(17)7-15-13(5)11(3)8-16/h10-17H,6-9H2,1-5H3. The van der Waals surface area contributed by atoms with Crippen LogP contribution in [0.15, 0.2) is 0 Å². The van der Waals surface area contributed by atoms with Crippen LogP contribution in [-0.2, 0) is 4.74 Å². The fourth-order valence-corrected chi connectivity index (χ4v) is 1.75. The van der Waals surface area contributed by atoms with Crippen molar-refractivity contribution in [2.45, 2.75) is 59.3 Å². The Morgan fingerprint density at radius 1 is 1.11 bits per heavy atom. The quantitative estimate of drug-likeness (QED) is 0.556. The van der Waals surface area contributed by atoms with E-state index in [4.69, 9.17) is 9.84 Å². The summed E-state index contributed by atoms with van der Waals surface area (Å²) in [4.78, 5) is 0. The monoisotopic (exact) mass is 261 g/mol. The highest BCUT2D eigenvalue weighted by Crippen LogP contribution is 2.07. The van der Waals surface area contributed by atoms with Crippen molar-refractivity contribution in [3.8, 4) is 0 Å². The van der Waals surface area contributed by atoms with Gasteiger partial charge in [-0.3, -0.25) is 0 Å². The lowest BCUT2D eigenvalue weighted by molar-refractivity contribution is -0.00981. The fourth-order valence-electron chi connectivity index (χ4n) is 1.75. The van der Waals surface area contributed by atoms with Crippen LogP contribution in [0.3, 0.4) is 0 Å². The Morgan fingerprint density at radius 2 is 1.72 bits per heavy atom. The number of aliphatic hydroxyl groups is 2. The van der Waals surface area contributed by atoms with Gasteiger partial charge in [-0.05, 0) is 32.1 Å². The van der Waals surface area contributed by atoms with Gasteiger partial charge in [0, 0.05) is 19.2 Å². The maximum Gasteiger partial charge on any atom is 0.0897 e. The molecule has 0 spiro atoms. The number of aliphatic hydroxyl groups excluding tert-OH is 2. The molecule has 0 aliphatic carbocycles. The largest absolute Gasteiger partial charge is 0.396 e. The molecule has 4 nitrogen and oxygen atoms in total. The predicted molar refractivity (Wildman–Crippen MR) is 74.6 cm³/mol. The minimum atomic E-state index is -0.493. The Hall–Kier alpha value is -0.160. The van der Waals surface area contributed by atoms with Gasteiger partial charge in [-0.2, -0.15) is 0 Å². The zero-order chi connectivity index (χ0) is 14.1. The van der Waals surface area contributed by atoms with Gasteiger partial charge in [0.2, 0.25) is 0 Å². The third kappa shape index (κ3) is 8.86. The van der Waals surface area contributed by atoms with Gasteiger partial charge >= 0.3 is 0 Å². The lowest BCUT2D eigenvalue weighted by atomic mass is 10.1. The first-order valence-electron chi connectivity index (χ1n) is 7.00. The minimum Gasteiger partial charge on any atom is -0.396 e. The minimum absolute atomic E-state index is 0.159. The van der Waals surface area contributed by atoms with Gasteiger partial charge in [-0.25, -0.2) is 0 Å². The third-order valence-electron chi connectivity index (χ3n) is 3.19. The van der Waals surface area contributed by atoms with Crippen LogP contribution in [0.4, 0.5) is 0 Å². The highest BCUT2D eigenvalue weighted by Gasteiger charge is 2.13. The van der Waals surface area contributed by atoms with E-state index < -0.39 is 6.10 Å². The molecule has 110 valence electrons. The summed E-state index contributed by atoms with van der Waals surface area (Å²) in [5, 5.41) is 22.0. The Bertz CT molecular complexity index is 199. The summed E-state index contributed by atoms with van der Waals surface area (Å²) in [6, 6.07) is 0.192. The molecular formula is C14H31NO3. The molecule has 0 fully saturated rings. The summed E-state index contributed by atoms with van der Waals surface area (Å²) in [5.41, 5.74) is 0. The van der Waals surface area contributed by atoms with Crippen LogP contribution < -0.4 is 5.32 Å². The molecule has 0 radical (unpaired) electrons. The van der Waals surface area contributed by atoms with Crippen LogP contribution in [0.1, 0.15) is 41.0 Å². The highest BCUT2D eigenvalue weighted by atomic mass is 16.5. The van der Waals surface area contributed by atoms with Gasteiger partial charge in [0.05, 0.1) is 18.8 Å². The summed E-state index contributed by atoms with van der Waals surface area (Å²) in [7, 11) is 0. The second kappa shape index (κ2) is 9.73. The second-order valence-corrected chi connectivity index (χ2v) is 5.78. The molecule has 0 saturated heterocycles. The van der Waals surface area contributed by atoms with E-state index in [1.54, 1.807) is 0 Å². The van der Waals surface area contributed by atoms with Crippen LogP contribution in [0.25, 0.3) is 0 Å². The van der Waals surface area contributed by atoms with E-state index in [1.807, 2.05) is 20.8 Å². The Labute approximate surface area is 112 Å². The molecule has 0 aromatic rings. The van der Waals surface area contributed by atoms with E-state index >= 15 is 0 Å². The Balaban J connectivity index is 3.68. The van der Waals surface area contributed by atoms with Crippen LogP contribution in [0.2, 0.25) is 0 Å². The lowest BCUT2D eigenvalue weighted by Crippen LogP contribution is -2.40. The molecule has 0 rings (SSSR count). The van der Waals surface area contributed by atoms with Crippen LogP contribution in [0.5, 0.6) is 0 Å². The Morgan fingerprint density at radius 3 is 2.22 bits per heavy atom. The smallest absolute Gasteiger partial charge is 0.0897 e. The average molecular weight is 261 g/mol. The normalized spacial score (nSPS) is 18.7. The number of hydrogen-bond acceptors (Lipinski definition) is 4. The third-order valence-corrected chi connectivity index (χ3v) is 3.19. The predicted octanol–water partition coefficient (Wildman–Crippen LogP) is 1.41. The van der Waals surface area contributed by atoms with Crippen molar-refractivity contribution in [3.63, 3.8) is 0 Å². The van der Waals surface area contributed by atoms with Crippen LogP contribution >= 0.6 is 0 Å². The lowest BCUT2D eigenvalue weighted by Gasteiger charge is -2.22. The fraction of sp³-hybridized carbons (Fsp3) is 1.00. The van der Waals surface area contributed by atoms with Crippen molar-refractivity contribution in [2.24, 2.45) is 11.8 Å². The molecule has 4 heteroatoms. The van der Waals surface area contributed by atoms with Crippen molar-refractivity contribution in [1.29, 1.82) is 0 Å². The molecule has 4 atom stereocenters. The number of rotatable bonds is 10. The molecule has 0 bridgehead atoms. The molecule has 0 amide bonds. The van der Waals surface area contributed by atoms with E-state index in [1.165, 1.54) is 0 Å². The first kappa shape index (κ1) is 17.8. The zero-order valence-corrected chi connectivity index (χ0v) is 12.5. The molecule has 0 heterocycles.